The molecule has 8 heteroatoms. The first kappa shape index (κ1) is 17.4. The van der Waals surface area contributed by atoms with E-state index in [0.717, 1.165) is 4.90 Å². The molecule has 1 aromatic heterocycles. The van der Waals surface area contributed by atoms with Crippen molar-refractivity contribution in [1.82, 2.24) is 4.90 Å². The Bertz CT molecular complexity index is 759. The van der Waals surface area contributed by atoms with Crippen LogP contribution in [0.1, 0.15) is 10.6 Å². The number of rotatable bonds is 4. The smallest absolute Gasteiger partial charge is 0.289 e. The molecule has 0 unspecified atom stereocenters. The molecule has 6 nitrogen and oxygen atoms in total. The molecule has 0 aliphatic carbocycles. The highest BCUT2D eigenvalue weighted by Gasteiger charge is 2.27. The highest BCUT2D eigenvalue weighted by molar-refractivity contribution is 6.31. The number of carbonyl (C=O) groups is 2. The van der Waals surface area contributed by atoms with Crippen molar-refractivity contribution >= 4 is 29.1 Å². The average molecular weight is 367 g/mol. The van der Waals surface area contributed by atoms with Crippen molar-refractivity contribution in [3.63, 3.8) is 0 Å². The van der Waals surface area contributed by atoms with Crippen molar-refractivity contribution in [2.75, 3.05) is 38.0 Å². The Balaban J connectivity index is 1.47. The number of nitrogens with one attached hydrogen (secondary N) is 2. The minimum absolute atomic E-state index is 0.0322. The Labute approximate surface area is 149 Å². The molecule has 1 fully saturated rings. The third kappa shape index (κ3) is 4.37. The van der Waals surface area contributed by atoms with E-state index >= 15 is 0 Å². The van der Waals surface area contributed by atoms with Crippen LogP contribution in [0.4, 0.5) is 10.1 Å². The van der Waals surface area contributed by atoms with Gasteiger partial charge in [-0.1, -0.05) is 11.6 Å². The molecule has 2 heterocycles. The van der Waals surface area contributed by atoms with Crippen molar-refractivity contribution < 1.29 is 23.3 Å². The Morgan fingerprint density at radius 1 is 1.28 bits per heavy atom. The van der Waals surface area contributed by atoms with Gasteiger partial charge in [-0.05, 0) is 30.3 Å². The molecule has 0 spiro atoms. The van der Waals surface area contributed by atoms with E-state index in [-0.39, 0.29) is 23.4 Å². The molecule has 0 radical (unpaired) electrons. The van der Waals surface area contributed by atoms with E-state index in [1.165, 1.54) is 24.5 Å². The lowest BCUT2D eigenvalue weighted by Gasteiger charge is -2.31. The summed E-state index contributed by atoms with van der Waals surface area (Å²) in [6, 6.07) is 7.38. The summed E-state index contributed by atoms with van der Waals surface area (Å²) in [4.78, 5) is 27.1. The van der Waals surface area contributed by atoms with Gasteiger partial charge in [-0.25, -0.2) is 4.39 Å². The van der Waals surface area contributed by atoms with Crippen LogP contribution in [-0.2, 0) is 4.79 Å². The number of amides is 2. The number of quaternary nitrogens is 1. The molecule has 0 bridgehead atoms. The molecule has 2 aromatic rings. The number of carbonyl (C=O) groups excluding carboxylic acids is 2. The summed E-state index contributed by atoms with van der Waals surface area (Å²) < 4.78 is 18.2. The zero-order valence-corrected chi connectivity index (χ0v) is 14.2. The van der Waals surface area contributed by atoms with Gasteiger partial charge in [0.1, 0.15) is 5.82 Å². The van der Waals surface area contributed by atoms with E-state index < -0.39 is 5.82 Å². The normalized spacial score (nSPS) is 15.2. The number of benzene rings is 1. The number of hydrogen-bond donors (Lipinski definition) is 2. The SMILES string of the molecule is O=C(C[NH+]1CCN(C(=O)c2ccco2)CC1)Nc1ccc(F)c(Cl)c1. The molecule has 3 rings (SSSR count). The van der Waals surface area contributed by atoms with Gasteiger partial charge in [-0.2, -0.15) is 0 Å². The van der Waals surface area contributed by atoms with Crippen LogP contribution < -0.4 is 10.2 Å². The van der Waals surface area contributed by atoms with Crippen molar-refractivity contribution in [1.29, 1.82) is 0 Å². The lowest BCUT2D eigenvalue weighted by atomic mass is 10.2. The summed E-state index contributed by atoms with van der Waals surface area (Å²) in [6.45, 7) is 2.74. The number of halogens is 2. The van der Waals surface area contributed by atoms with Gasteiger partial charge in [0.05, 0.1) is 37.5 Å². The van der Waals surface area contributed by atoms with Crippen molar-refractivity contribution in [3.8, 4) is 0 Å². The minimum atomic E-state index is -0.525. The van der Waals surface area contributed by atoms with E-state index in [9.17, 15) is 14.0 Å². The molecule has 1 saturated heterocycles. The summed E-state index contributed by atoms with van der Waals surface area (Å²) in [5.74, 6) is -0.505. The first-order valence-corrected chi connectivity index (χ1v) is 8.32. The molecule has 2 amide bonds. The molecule has 0 atom stereocenters. The average Bonchev–Trinajstić information content (AvgIpc) is 3.13. The lowest BCUT2D eigenvalue weighted by molar-refractivity contribution is -0.895. The largest absolute Gasteiger partial charge is 0.459 e. The third-order valence-corrected chi connectivity index (χ3v) is 4.39. The monoisotopic (exact) mass is 366 g/mol. The van der Waals surface area contributed by atoms with Gasteiger partial charge in [0.2, 0.25) is 0 Å². The standard InChI is InChI=1S/C17H17ClFN3O3/c18-13-10-12(3-4-14(13)19)20-16(23)11-21-5-7-22(8-6-21)17(24)15-2-1-9-25-15/h1-4,9-10H,5-8,11H2,(H,20,23)/p+1. The molecule has 0 saturated carbocycles. The molecule has 2 N–H and O–H groups in total. The summed E-state index contributed by atoms with van der Waals surface area (Å²) in [7, 11) is 0. The van der Waals surface area contributed by atoms with Crippen LogP contribution in [0.3, 0.4) is 0 Å². The fourth-order valence-electron chi connectivity index (χ4n) is 2.77. The van der Waals surface area contributed by atoms with Gasteiger partial charge in [-0.3, -0.25) is 9.59 Å². The summed E-state index contributed by atoms with van der Waals surface area (Å²) in [5.41, 5.74) is 0.461. The minimum Gasteiger partial charge on any atom is -0.459 e. The van der Waals surface area contributed by atoms with Crippen LogP contribution in [0, 0.1) is 5.82 Å². The molecule has 1 aliphatic rings. The Morgan fingerprint density at radius 3 is 2.68 bits per heavy atom. The van der Waals surface area contributed by atoms with E-state index in [4.69, 9.17) is 16.0 Å². The van der Waals surface area contributed by atoms with E-state index in [2.05, 4.69) is 5.32 Å². The van der Waals surface area contributed by atoms with Gasteiger partial charge >= 0.3 is 0 Å². The third-order valence-electron chi connectivity index (χ3n) is 4.10. The van der Waals surface area contributed by atoms with Gasteiger partial charge in [0, 0.05) is 5.69 Å². The summed E-state index contributed by atoms with van der Waals surface area (Å²) >= 11 is 5.70. The number of furan rings is 1. The van der Waals surface area contributed by atoms with Crippen LogP contribution in [0.25, 0.3) is 0 Å². The second-order valence-corrected chi connectivity index (χ2v) is 6.28. The van der Waals surface area contributed by atoms with E-state index in [1.807, 2.05) is 0 Å². The fraction of sp³-hybridized carbons (Fsp3) is 0.294. The molecular weight excluding hydrogens is 349 g/mol. The molecule has 1 aromatic carbocycles. The highest BCUT2D eigenvalue weighted by atomic mass is 35.5. The highest BCUT2D eigenvalue weighted by Crippen LogP contribution is 2.19. The Hall–Kier alpha value is -2.38. The van der Waals surface area contributed by atoms with Gasteiger partial charge < -0.3 is 19.5 Å². The summed E-state index contributed by atoms with van der Waals surface area (Å²) in [5, 5.41) is 2.67. The van der Waals surface area contributed by atoms with Crippen LogP contribution in [-0.4, -0.2) is 49.4 Å². The predicted molar refractivity (Wildman–Crippen MR) is 90.2 cm³/mol. The first-order valence-electron chi connectivity index (χ1n) is 7.94. The number of piperazine rings is 1. The topological polar surface area (TPSA) is 67.0 Å². The van der Waals surface area contributed by atoms with Crippen molar-refractivity contribution in [2.24, 2.45) is 0 Å². The lowest BCUT2D eigenvalue weighted by Crippen LogP contribution is -3.15. The van der Waals surface area contributed by atoms with E-state index in [0.29, 0.717) is 37.6 Å². The molecule has 1 aliphatic heterocycles. The maximum absolute atomic E-state index is 13.1. The Morgan fingerprint density at radius 2 is 2.04 bits per heavy atom. The van der Waals surface area contributed by atoms with Gasteiger partial charge in [0.25, 0.3) is 11.8 Å². The number of nitrogens with zero attached hydrogens (tertiary/aromatic N) is 1. The van der Waals surface area contributed by atoms with Crippen LogP contribution in [0.5, 0.6) is 0 Å². The second kappa shape index (κ2) is 7.67. The summed E-state index contributed by atoms with van der Waals surface area (Å²) in [6.07, 6.45) is 1.47. The predicted octanol–water partition coefficient (Wildman–Crippen LogP) is 1.05. The molecular formula is C17H18ClFN3O3+. The fourth-order valence-corrected chi connectivity index (χ4v) is 2.95. The van der Waals surface area contributed by atoms with Gasteiger partial charge in [0.15, 0.2) is 12.3 Å². The van der Waals surface area contributed by atoms with Crippen molar-refractivity contribution in [2.45, 2.75) is 0 Å². The molecule has 132 valence electrons. The van der Waals surface area contributed by atoms with Crippen molar-refractivity contribution in [3.05, 3.63) is 53.2 Å². The van der Waals surface area contributed by atoms with Crippen LogP contribution in [0.2, 0.25) is 5.02 Å². The zero-order valence-electron chi connectivity index (χ0n) is 13.4. The Kier molecular flexibility index (Phi) is 5.35. The quantitative estimate of drug-likeness (QED) is 0.850. The molecule has 25 heavy (non-hydrogen) atoms. The van der Waals surface area contributed by atoms with E-state index in [1.54, 1.807) is 17.0 Å². The second-order valence-electron chi connectivity index (χ2n) is 5.87. The first-order chi connectivity index (χ1) is 12.0. The number of hydrogen-bond acceptors (Lipinski definition) is 3. The van der Waals surface area contributed by atoms with Crippen LogP contribution in [0.15, 0.2) is 41.0 Å². The maximum Gasteiger partial charge on any atom is 0.289 e. The zero-order chi connectivity index (χ0) is 17.8. The van der Waals surface area contributed by atoms with Gasteiger partial charge in [-0.15, -0.1) is 0 Å². The number of anilines is 1. The van der Waals surface area contributed by atoms with Crippen LogP contribution >= 0.6 is 11.6 Å². The maximum atomic E-state index is 13.1.